The summed E-state index contributed by atoms with van der Waals surface area (Å²) in [6.45, 7) is 6.64. The second-order valence-electron chi connectivity index (χ2n) is 1.75. The zero-order chi connectivity index (χ0) is 8.69. The summed E-state index contributed by atoms with van der Waals surface area (Å²) in [5.41, 5.74) is 0. The molecule has 0 aromatic carbocycles. The molecule has 0 amide bonds. The van der Waals surface area contributed by atoms with Gasteiger partial charge < -0.3 is 9.62 Å². The van der Waals surface area contributed by atoms with Gasteiger partial charge in [-0.05, 0) is 0 Å². The Morgan fingerprint density at radius 2 is 2.27 bits per heavy atom. The molecule has 0 unspecified atom stereocenters. The molecular formula is C7H10O4. The van der Waals surface area contributed by atoms with E-state index in [1.165, 1.54) is 0 Å². The highest BCUT2D eigenvalue weighted by molar-refractivity contribution is 5.81. The van der Waals surface area contributed by atoms with Crippen LogP contribution in [0.3, 0.4) is 0 Å². The van der Waals surface area contributed by atoms with Crippen LogP contribution in [0, 0.1) is 0 Å². The third kappa shape index (κ3) is 5.17. The summed E-state index contributed by atoms with van der Waals surface area (Å²) in [4.78, 5) is 14.2. The predicted molar refractivity (Wildman–Crippen MR) is 38.6 cm³/mol. The van der Waals surface area contributed by atoms with Crippen molar-refractivity contribution < 1.29 is 19.7 Å². The summed E-state index contributed by atoms with van der Waals surface area (Å²) in [6, 6.07) is 0. The molecule has 0 aliphatic heterocycles. The third-order valence-electron chi connectivity index (χ3n) is 0.921. The SMILES string of the molecule is C=CC(=O)OCCC(=C)OO. The molecule has 0 rings (SSSR count). The molecule has 11 heavy (non-hydrogen) atoms. The number of rotatable bonds is 5. The van der Waals surface area contributed by atoms with Gasteiger partial charge in [0.2, 0.25) is 0 Å². The van der Waals surface area contributed by atoms with Gasteiger partial charge in [-0.1, -0.05) is 13.2 Å². The Morgan fingerprint density at radius 3 is 2.73 bits per heavy atom. The fourth-order valence-corrected chi connectivity index (χ4v) is 0.370. The molecule has 0 saturated heterocycles. The van der Waals surface area contributed by atoms with Gasteiger partial charge in [-0.2, -0.15) is 0 Å². The van der Waals surface area contributed by atoms with Crippen LogP contribution in [0.25, 0.3) is 0 Å². The van der Waals surface area contributed by atoms with E-state index in [4.69, 9.17) is 5.26 Å². The van der Waals surface area contributed by atoms with E-state index < -0.39 is 5.97 Å². The van der Waals surface area contributed by atoms with Crippen molar-refractivity contribution in [1.82, 2.24) is 0 Å². The zero-order valence-electron chi connectivity index (χ0n) is 6.08. The first kappa shape index (κ1) is 9.71. The summed E-state index contributed by atoms with van der Waals surface area (Å²) in [5, 5.41) is 8.00. The molecule has 4 nitrogen and oxygen atoms in total. The van der Waals surface area contributed by atoms with E-state index in [1.807, 2.05) is 0 Å². The summed E-state index contributed by atoms with van der Waals surface area (Å²) < 4.78 is 4.55. The van der Waals surface area contributed by atoms with E-state index in [0.717, 1.165) is 6.08 Å². The van der Waals surface area contributed by atoms with Crippen molar-refractivity contribution in [3.8, 4) is 0 Å². The van der Waals surface area contributed by atoms with Crippen molar-refractivity contribution in [3.63, 3.8) is 0 Å². The minimum atomic E-state index is -0.504. The van der Waals surface area contributed by atoms with Gasteiger partial charge in [-0.15, -0.1) is 0 Å². The van der Waals surface area contributed by atoms with Crippen molar-refractivity contribution in [2.75, 3.05) is 6.61 Å². The van der Waals surface area contributed by atoms with Crippen molar-refractivity contribution in [1.29, 1.82) is 0 Å². The Hall–Kier alpha value is -1.29. The lowest BCUT2D eigenvalue weighted by Crippen LogP contribution is -2.02. The topological polar surface area (TPSA) is 55.8 Å². The third-order valence-corrected chi connectivity index (χ3v) is 0.921. The first-order chi connectivity index (χ1) is 5.20. The van der Waals surface area contributed by atoms with Gasteiger partial charge in [-0.3, -0.25) is 0 Å². The molecule has 0 aromatic heterocycles. The maximum Gasteiger partial charge on any atom is 0.330 e. The van der Waals surface area contributed by atoms with Crippen LogP contribution in [0.1, 0.15) is 6.42 Å². The first-order valence-corrected chi connectivity index (χ1v) is 2.99. The van der Waals surface area contributed by atoms with Gasteiger partial charge in [0.1, 0.15) is 5.76 Å². The van der Waals surface area contributed by atoms with Crippen molar-refractivity contribution in [2.45, 2.75) is 6.42 Å². The maximum absolute atomic E-state index is 10.4. The summed E-state index contributed by atoms with van der Waals surface area (Å²) in [6.07, 6.45) is 1.33. The van der Waals surface area contributed by atoms with Crippen molar-refractivity contribution >= 4 is 5.97 Å². The standard InChI is InChI=1S/C7H10O4/c1-3-7(8)10-5-4-6(2)11-9/h3,9H,1-2,4-5H2. The number of esters is 1. The summed E-state index contributed by atoms with van der Waals surface area (Å²) in [5.74, 6) is -0.349. The average molecular weight is 158 g/mol. The first-order valence-electron chi connectivity index (χ1n) is 2.99. The Labute approximate surface area is 64.7 Å². The fourth-order valence-electron chi connectivity index (χ4n) is 0.370. The molecule has 1 N–H and O–H groups in total. The molecule has 4 heteroatoms. The molecule has 0 fully saturated rings. The van der Waals surface area contributed by atoms with Gasteiger partial charge in [0, 0.05) is 12.5 Å². The molecule has 0 saturated carbocycles. The molecule has 62 valence electrons. The lowest BCUT2D eigenvalue weighted by molar-refractivity contribution is -0.206. The van der Waals surface area contributed by atoms with Crippen molar-refractivity contribution in [3.05, 3.63) is 25.0 Å². The van der Waals surface area contributed by atoms with E-state index in [0.29, 0.717) is 0 Å². The molecule has 0 aliphatic rings. The Morgan fingerprint density at radius 1 is 1.64 bits per heavy atom. The largest absolute Gasteiger partial charge is 0.462 e. The van der Waals surface area contributed by atoms with Crippen LogP contribution < -0.4 is 0 Å². The van der Waals surface area contributed by atoms with E-state index in [9.17, 15) is 4.79 Å². The zero-order valence-corrected chi connectivity index (χ0v) is 6.08. The van der Waals surface area contributed by atoms with E-state index in [1.54, 1.807) is 0 Å². The summed E-state index contributed by atoms with van der Waals surface area (Å²) in [7, 11) is 0. The van der Waals surface area contributed by atoms with Crippen LogP contribution in [-0.4, -0.2) is 17.8 Å². The number of hydrogen-bond donors (Lipinski definition) is 1. The minimum Gasteiger partial charge on any atom is -0.462 e. The highest BCUT2D eigenvalue weighted by Gasteiger charge is 1.97. The smallest absolute Gasteiger partial charge is 0.330 e. The highest BCUT2D eigenvalue weighted by atomic mass is 17.1. The van der Waals surface area contributed by atoms with Crippen molar-refractivity contribution in [2.24, 2.45) is 0 Å². The van der Waals surface area contributed by atoms with Gasteiger partial charge in [-0.25, -0.2) is 10.1 Å². The number of ether oxygens (including phenoxy) is 1. The molecule has 0 aromatic rings. The fraction of sp³-hybridized carbons (Fsp3) is 0.286. The number of carbonyl (C=O) groups excluding carboxylic acids is 1. The average Bonchev–Trinajstić information content (AvgIpc) is 2.04. The predicted octanol–water partition coefficient (Wildman–Crippen LogP) is 1.11. The molecular weight excluding hydrogens is 148 g/mol. The van der Waals surface area contributed by atoms with Crippen LogP contribution >= 0.6 is 0 Å². The maximum atomic E-state index is 10.4. The monoisotopic (exact) mass is 158 g/mol. The highest BCUT2D eigenvalue weighted by Crippen LogP contribution is 1.97. The van der Waals surface area contributed by atoms with Crippen LogP contribution in [-0.2, 0) is 14.4 Å². The molecule has 0 radical (unpaired) electrons. The van der Waals surface area contributed by atoms with E-state index >= 15 is 0 Å². The Kier molecular flexibility index (Phi) is 4.85. The van der Waals surface area contributed by atoms with Gasteiger partial charge >= 0.3 is 5.97 Å². The second-order valence-corrected chi connectivity index (χ2v) is 1.75. The molecule has 0 bridgehead atoms. The molecule has 0 atom stereocenters. The molecule has 0 aliphatic carbocycles. The van der Waals surface area contributed by atoms with Gasteiger partial charge in [0.05, 0.1) is 6.61 Å². The second kappa shape index (κ2) is 5.49. The number of carbonyl (C=O) groups is 1. The van der Waals surface area contributed by atoms with Crippen LogP contribution in [0.4, 0.5) is 0 Å². The summed E-state index contributed by atoms with van der Waals surface area (Å²) >= 11 is 0. The van der Waals surface area contributed by atoms with Gasteiger partial charge in [0.15, 0.2) is 0 Å². The molecule has 0 heterocycles. The quantitative estimate of drug-likeness (QED) is 0.214. The van der Waals surface area contributed by atoms with Crippen LogP contribution in [0.5, 0.6) is 0 Å². The van der Waals surface area contributed by atoms with Crippen LogP contribution in [0.2, 0.25) is 0 Å². The normalized spacial score (nSPS) is 8.45. The minimum absolute atomic E-state index is 0.129. The van der Waals surface area contributed by atoms with E-state index in [2.05, 4.69) is 22.8 Å². The molecule has 0 spiro atoms. The van der Waals surface area contributed by atoms with Gasteiger partial charge in [0.25, 0.3) is 0 Å². The lowest BCUT2D eigenvalue weighted by Gasteiger charge is -2.01. The Bertz CT molecular complexity index is 162. The number of hydrogen-bond acceptors (Lipinski definition) is 4. The lowest BCUT2D eigenvalue weighted by atomic mass is 10.4. The Balaban J connectivity index is 3.34. The van der Waals surface area contributed by atoms with E-state index in [-0.39, 0.29) is 18.8 Å². The van der Waals surface area contributed by atoms with Crippen LogP contribution in [0.15, 0.2) is 25.0 Å².